The van der Waals surface area contributed by atoms with Gasteiger partial charge in [0.2, 0.25) is 0 Å². The van der Waals surface area contributed by atoms with Crippen LogP contribution in [0.3, 0.4) is 0 Å². The van der Waals surface area contributed by atoms with E-state index in [1.807, 2.05) is 18.2 Å². The maximum Gasteiger partial charge on any atom is 0.0195 e. The average molecular weight is 183 g/mol. The van der Waals surface area contributed by atoms with E-state index in [4.69, 9.17) is 0 Å². The Hall–Kier alpha value is -1.76. The number of benzene rings is 1. The van der Waals surface area contributed by atoms with Crippen molar-refractivity contribution in [3.8, 4) is 0 Å². The highest BCUT2D eigenvalue weighted by Gasteiger charge is 1.91. The van der Waals surface area contributed by atoms with Crippen molar-refractivity contribution in [3.05, 3.63) is 60.4 Å². The molecule has 0 aliphatic heterocycles. The molecule has 0 aliphatic rings. The Morgan fingerprint density at radius 1 is 1.00 bits per heavy atom. The third kappa shape index (κ3) is 1.94. The molecule has 2 aromatic rings. The predicted molar refractivity (Wildman–Crippen MR) is 60.7 cm³/mol. The van der Waals surface area contributed by atoms with E-state index in [1.54, 1.807) is 0 Å². The second kappa shape index (κ2) is 3.97. The summed E-state index contributed by atoms with van der Waals surface area (Å²) < 4.78 is 2.10. The maximum atomic E-state index is 2.17. The molecule has 1 nitrogen and oxygen atoms in total. The molecule has 0 amide bonds. The van der Waals surface area contributed by atoms with E-state index in [0.717, 1.165) is 0 Å². The lowest BCUT2D eigenvalue weighted by atomic mass is 10.2. The number of aromatic nitrogens is 1. The maximum absolute atomic E-state index is 2.17. The Morgan fingerprint density at radius 2 is 1.64 bits per heavy atom. The van der Waals surface area contributed by atoms with Crippen molar-refractivity contribution >= 4 is 11.8 Å². The SMILES string of the molecule is CC(=Cc1ccccc1)n1cccc1. The first-order valence-electron chi connectivity index (χ1n) is 4.73. The monoisotopic (exact) mass is 183 g/mol. The molecule has 0 fully saturated rings. The van der Waals surface area contributed by atoms with Crippen LogP contribution in [0.2, 0.25) is 0 Å². The summed E-state index contributed by atoms with van der Waals surface area (Å²) in [5.41, 5.74) is 2.46. The molecule has 0 unspecified atom stereocenters. The summed E-state index contributed by atoms with van der Waals surface area (Å²) in [5, 5.41) is 0. The lowest BCUT2D eigenvalue weighted by molar-refractivity contribution is 1.11. The van der Waals surface area contributed by atoms with Crippen LogP contribution in [0.5, 0.6) is 0 Å². The van der Waals surface area contributed by atoms with Gasteiger partial charge in [0.15, 0.2) is 0 Å². The van der Waals surface area contributed by atoms with Crippen LogP contribution in [0, 0.1) is 0 Å². The normalized spacial score (nSPS) is 11.6. The largest absolute Gasteiger partial charge is 0.328 e. The number of hydrogen-bond donors (Lipinski definition) is 0. The highest BCUT2D eigenvalue weighted by atomic mass is 14.9. The highest BCUT2D eigenvalue weighted by Crippen LogP contribution is 2.10. The molecule has 1 aromatic carbocycles. The standard InChI is InChI=1S/C13H13N/c1-12(14-9-5-6-10-14)11-13-7-3-2-4-8-13/h2-11H,1H3. The molecular formula is C13H13N. The molecule has 14 heavy (non-hydrogen) atoms. The predicted octanol–water partition coefficient (Wildman–Crippen LogP) is 3.51. The van der Waals surface area contributed by atoms with E-state index in [9.17, 15) is 0 Å². The Morgan fingerprint density at radius 3 is 2.29 bits per heavy atom. The van der Waals surface area contributed by atoms with Crippen LogP contribution in [0.1, 0.15) is 12.5 Å². The van der Waals surface area contributed by atoms with Crippen LogP contribution in [-0.2, 0) is 0 Å². The van der Waals surface area contributed by atoms with E-state index in [1.165, 1.54) is 11.3 Å². The molecule has 0 N–H and O–H groups in total. The number of nitrogens with zero attached hydrogens (tertiary/aromatic N) is 1. The quantitative estimate of drug-likeness (QED) is 0.671. The smallest absolute Gasteiger partial charge is 0.0195 e. The molecule has 0 radical (unpaired) electrons. The minimum atomic E-state index is 1.22. The van der Waals surface area contributed by atoms with E-state index >= 15 is 0 Å². The molecule has 0 saturated carbocycles. The van der Waals surface area contributed by atoms with Gasteiger partial charge in [0.25, 0.3) is 0 Å². The minimum absolute atomic E-state index is 1.22. The van der Waals surface area contributed by atoms with Gasteiger partial charge in [-0.2, -0.15) is 0 Å². The van der Waals surface area contributed by atoms with Gasteiger partial charge in [0.05, 0.1) is 0 Å². The Bertz CT molecular complexity index is 410. The molecule has 0 saturated heterocycles. The van der Waals surface area contributed by atoms with Gasteiger partial charge >= 0.3 is 0 Å². The average Bonchev–Trinajstić information content (AvgIpc) is 2.72. The van der Waals surface area contributed by atoms with Gasteiger partial charge in [-0.3, -0.25) is 0 Å². The van der Waals surface area contributed by atoms with Crippen molar-refractivity contribution < 1.29 is 0 Å². The van der Waals surface area contributed by atoms with Crippen molar-refractivity contribution in [3.63, 3.8) is 0 Å². The summed E-state index contributed by atoms with van der Waals surface area (Å²) in [6.07, 6.45) is 6.27. The van der Waals surface area contributed by atoms with Gasteiger partial charge in [-0.05, 0) is 30.7 Å². The van der Waals surface area contributed by atoms with Crippen LogP contribution in [-0.4, -0.2) is 4.57 Å². The lowest BCUT2D eigenvalue weighted by Gasteiger charge is -2.02. The molecule has 0 aliphatic carbocycles. The second-order valence-electron chi connectivity index (χ2n) is 3.29. The van der Waals surface area contributed by atoms with Crippen molar-refractivity contribution in [2.75, 3.05) is 0 Å². The summed E-state index contributed by atoms with van der Waals surface area (Å²) in [6.45, 7) is 2.10. The molecule has 1 heteroatoms. The van der Waals surface area contributed by atoms with E-state index in [0.29, 0.717) is 0 Å². The van der Waals surface area contributed by atoms with Crippen LogP contribution >= 0.6 is 0 Å². The summed E-state index contributed by atoms with van der Waals surface area (Å²) in [6, 6.07) is 14.4. The first kappa shape index (κ1) is 8.82. The van der Waals surface area contributed by atoms with Crippen LogP contribution in [0.15, 0.2) is 54.9 Å². The van der Waals surface area contributed by atoms with Gasteiger partial charge in [0, 0.05) is 18.1 Å². The lowest BCUT2D eigenvalue weighted by Crippen LogP contribution is -1.87. The third-order valence-corrected chi connectivity index (χ3v) is 2.19. The summed E-state index contributed by atoms with van der Waals surface area (Å²) in [5.74, 6) is 0. The third-order valence-electron chi connectivity index (χ3n) is 2.19. The fraction of sp³-hybridized carbons (Fsp3) is 0.0769. The first-order valence-corrected chi connectivity index (χ1v) is 4.73. The minimum Gasteiger partial charge on any atom is -0.328 e. The first-order chi connectivity index (χ1) is 6.86. The van der Waals surface area contributed by atoms with E-state index in [2.05, 4.69) is 54.2 Å². The Labute approximate surface area is 84.3 Å². The van der Waals surface area contributed by atoms with E-state index in [-0.39, 0.29) is 0 Å². The Kier molecular flexibility index (Phi) is 2.50. The van der Waals surface area contributed by atoms with Gasteiger partial charge in [-0.25, -0.2) is 0 Å². The van der Waals surface area contributed by atoms with Gasteiger partial charge < -0.3 is 4.57 Å². The molecule has 1 aromatic heterocycles. The van der Waals surface area contributed by atoms with Crippen LogP contribution in [0.4, 0.5) is 0 Å². The van der Waals surface area contributed by atoms with Crippen molar-refractivity contribution in [1.29, 1.82) is 0 Å². The van der Waals surface area contributed by atoms with Gasteiger partial charge in [-0.1, -0.05) is 30.3 Å². The second-order valence-corrected chi connectivity index (χ2v) is 3.29. The fourth-order valence-corrected chi connectivity index (χ4v) is 1.43. The molecule has 0 atom stereocenters. The molecule has 2 rings (SSSR count). The zero-order valence-corrected chi connectivity index (χ0v) is 8.22. The van der Waals surface area contributed by atoms with Crippen molar-refractivity contribution in [1.82, 2.24) is 4.57 Å². The molecular weight excluding hydrogens is 170 g/mol. The molecule has 0 bridgehead atoms. The topological polar surface area (TPSA) is 4.93 Å². The molecule has 70 valence electrons. The van der Waals surface area contributed by atoms with Crippen LogP contribution in [0.25, 0.3) is 11.8 Å². The van der Waals surface area contributed by atoms with Crippen molar-refractivity contribution in [2.45, 2.75) is 6.92 Å². The summed E-state index contributed by atoms with van der Waals surface area (Å²) in [7, 11) is 0. The number of hydrogen-bond acceptors (Lipinski definition) is 0. The van der Waals surface area contributed by atoms with Crippen LogP contribution < -0.4 is 0 Å². The molecule has 0 spiro atoms. The summed E-state index contributed by atoms with van der Waals surface area (Å²) in [4.78, 5) is 0. The summed E-state index contributed by atoms with van der Waals surface area (Å²) >= 11 is 0. The highest BCUT2D eigenvalue weighted by molar-refractivity contribution is 5.69. The van der Waals surface area contributed by atoms with Gasteiger partial charge in [0.1, 0.15) is 0 Å². The zero-order chi connectivity index (χ0) is 9.80. The Balaban J connectivity index is 2.28. The number of allylic oxidation sites excluding steroid dienone is 1. The van der Waals surface area contributed by atoms with Gasteiger partial charge in [-0.15, -0.1) is 0 Å². The van der Waals surface area contributed by atoms with Crippen molar-refractivity contribution in [2.24, 2.45) is 0 Å². The fourth-order valence-electron chi connectivity index (χ4n) is 1.43. The molecule has 1 heterocycles. The van der Waals surface area contributed by atoms with E-state index < -0.39 is 0 Å². The number of rotatable bonds is 2. The zero-order valence-electron chi connectivity index (χ0n) is 8.22.